The Bertz CT molecular complexity index is 371. The van der Waals surface area contributed by atoms with Gasteiger partial charge in [0.1, 0.15) is 0 Å². The van der Waals surface area contributed by atoms with Gasteiger partial charge in [0.05, 0.1) is 6.61 Å². The number of guanidine groups is 1. The molecule has 0 radical (unpaired) electrons. The van der Waals surface area contributed by atoms with Gasteiger partial charge in [0.25, 0.3) is 0 Å². The zero-order valence-electron chi connectivity index (χ0n) is 14.7. The van der Waals surface area contributed by atoms with Crippen LogP contribution in [0.1, 0.15) is 32.6 Å². The Balaban J connectivity index is 0.00000264. The van der Waals surface area contributed by atoms with Crippen LogP contribution < -0.4 is 10.6 Å². The highest BCUT2D eigenvalue weighted by Crippen LogP contribution is 2.31. The summed E-state index contributed by atoms with van der Waals surface area (Å²) in [6.45, 7) is 5.64. The van der Waals surface area contributed by atoms with Gasteiger partial charge in [-0.25, -0.2) is 0 Å². The van der Waals surface area contributed by atoms with E-state index in [9.17, 15) is 5.11 Å². The van der Waals surface area contributed by atoms with E-state index in [-0.39, 0.29) is 36.0 Å². The van der Waals surface area contributed by atoms with E-state index in [4.69, 9.17) is 4.74 Å². The lowest BCUT2D eigenvalue weighted by Crippen LogP contribution is -2.48. The van der Waals surface area contributed by atoms with E-state index in [2.05, 4.69) is 34.5 Å². The van der Waals surface area contributed by atoms with Gasteiger partial charge in [-0.1, -0.05) is 0 Å². The van der Waals surface area contributed by atoms with Crippen LogP contribution in [-0.4, -0.2) is 75.1 Å². The highest BCUT2D eigenvalue weighted by Gasteiger charge is 2.34. The van der Waals surface area contributed by atoms with Crippen molar-refractivity contribution >= 4 is 29.9 Å². The van der Waals surface area contributed by atoms with Crippen molar-refractivity contribution in [2.24, 2.45) is 10.4 Å². The first kappa shape index (κ1) is 20.9. The number of nitrogens with zero attached hydrogens (tertiary/aromatic N) is 2. The fraction of sp³-hybridized carbons (Fsp3) is 0.938. The lowest BCUT2D eigenvalue weighted by atomic mass is 9.84. The van der Waals surface area contributed by atoms with Crippen LogP contribution in [0.25, 0.3) is 0 Å². The number of nitrogens with one attached hydrogen (secondary N) is 2. The molecule has 1 saturated heterocycles. The quantitative estimate of drug-likeness (QED) is 0.299. The number of aliphatic imine (C=N–C) groups is 1. The maximum Gasteiger partial charge on any atom is 0.191 e. The molecule has 0 bridgehead atoms. The number of aliphatic hydroxyl groups is 1. The summed E-state index contributed by atoms with van der Waals surface area (Å²) in [5.41, 5.74) is 0.0444. The Morgan fingerprint density at radius 3 is 2.70 bits per heavy atom. The minimum Gasteiger partial charge on any atom is -0.396 e. The number of hydrogen-bond donors (Lipinski definition) is 3. The molecule has 23 heavy (non-hydrogen) atoms. The van der Waals surface area contributed by atoms with E-state index in [1.165, 1.54) is 12.8 Å². The highest BCUT2D eigenvalue weighted by molar-refractivity contribution is 14.0. The number of ether oxygens (including phenoxy) is 1. The summed E-state index contributed by atoms with van der Waals surface area (Å²) in [7, 11) is 4.00. The second kappa shape index (κ2) is 10.0. The van der Waals surface area contributed by atoms with Crippen LogP contribution in [0.5, 0.6) is 0 Å². The van der Waals surface area contributed by atoms with Crippen molar-refractivity contribution in [1.82, 2.24) is 15.5 Å². The van der Waals surface area contributed by atoms with Crippen molar-refractivity contribution in [2.45, 2.75) is 44.7 Å². The van der Waals surface area contributed by atoms with E-state index in [1.54, 1.807) is 7.05 Å². The third-order valence-corrected chi connectivity index (χ3v) is 5.06. The molecule has 2 unspecified atom stereocenters. The number of likely N-dealkylation sites (N-methyl/N-ethyl adjacent to an activating group) is 1. The first-order valence-electron chi connectivity index (χ1n) is 8.45. The smallest absolute Gasteiger partial charge is 0.191 e. The molecule has 1 saturated carbocycles. The van der Waals surface area contributed by atoms with Crippen LogP contribution >= 0.6 is 24.0 Å². The average Bonchev–Trinajstić information content (AvgIpc) is 3.27. The van der Waals surface area contributed by atoms with Crippen LogP contribution in [0, 0.1) is 5.41 Å². The monoisotopic (exact) mass is 440 g/mol. The summed E-state index contributed by atoms with van der Waals surface area (Å²) in [5.74, 6) is 0.834. The van der Waals surface area contributed by atoms with Crippen molar-refractivity contribution < 1.29 is 9.84 Å². The normalized spacial score (nSPS) is 26.0. The Morgan fingerprint density at radius 1 is 1.43 bits per heavy atom. The zero-order chi connectivity index (χ0) is 16.0. The van der Waals surface area contributed by atoms with Crippen molar-refractivity contribution in [3.05, 3.63) is 0 Å². The van der Waals surface area contributed by atoms with Crippen LogP contribution in [0.4, 0.5) is 0 Å². The maximum absolute atomic E-state index is 9.27. The van der Waals surface area contributed by atoms with E-state index in [0.717, 1.165) is 51.1 Å². The second-order valence-corrected chi connectivity index (χ2v) is 6.83. The lowest BCUT2D eigenvalue weighted by molar-refractivity contribution is 0.127. The molecule has 2 aliphatic rings. The molecule has 2 fully saturated rings. The fourth-order valence-electron chi connectivity index (χ4n) is 3.03. The van der Waals surface area contributed by atoms with Gasteiger partial charge in [-0.2, -0.15) is 0 Å². The van der Waals surface area contributed by atoms with Crippen molar-refractivity contribution in [3.63, 3.8) is 0 Å². The molecule has 6 nitrogen and oxygen atoms in total. The third kappa shape index (κ3) is 6.36. The predicted octanol–water partition coefficient (Wildman–Crippen LogP) is 1.04. The molecular weight excluding hydrogens is 407 g/mol. The van der Waals surface area contributed by atoms with Gasteiger partial charge in [-0.3, -0.25) is 9.89 Å². The van der Waals surface area contributed by atoms with Gasteiger partial charge in [-0.15, -0.1) is 24.0 Å². The standard InChI is InChI=1S/C16H32N4O2.HI/c1-13(20(3)14-4-5-14)10-18-15(17-2)19-11-16(6-8-21)7-9-22-12-16;/h13-14,21H,4-12H2,1-3H3,(H2,17,18,19);1H. The highest BCUT2D eigenvalue weighted by atomic mass is 127. The molecule has 0 amide bonds. The SMILES string of the molecule is CN=C(NCC(C)N(C)C1CC1)NCC1(CCO)CCOC1.I. The molecule has 7 heteroatoms. The molecule has 3 N–H and O–H groups in total. The van der Waals surface area contributed by atoms with Crippen LogP contribution in [0.15, 0.2) is 4.99 Å². The zero-order valence-corrected chi connectivity index (χ0v) is 17.0. The molecular formula is C16H33IN4O2. The first-order valence-corrected chi connectivity index (χ1v) is 8.45. The molecule has 0 aromatic heterocycles. The number of hydrogen-bond acceptors (Lipinski definition) is 4. The number of halogens is 1. The van der Waals surface area contributed by atoms with Gasteiger partial charge in [0, 0.05) is 50.8 Å². The number of aliphatic hydroxyl groups excluding tert-OH is 1. The summed E-state index contributed by atoms with van der Waals surface area (Å²) < 4.78 is 5.52. The Kier molecular flexibility index (Phi) is 9.10. The van der Waals surface area contributed by atoms with Crippen molar-refractivity contribution in [2.75, 3.05) is 47.0 Å². The Labute approximate surface area is 157 Å². The van der Waals surface area contributed by atoms with Gasteiger partial charge in [0.2, 0.25) is 0 Å². The number of rotatable bonds is 8. The summed E-state index contributed by atoms with van der Waals surface area (Å²) in [4.78, 5) is 6.75. The van der Waals surface area contributed by atoms with Crippen LogP contribution in [-0.2, 0) is 4.74 Å². The van der Waals surface area contributed by atoms with Gasteiger partial charge < -0.3 is 20.5 Å². The lowest BCUT2D eigenvalue weighted by Gasteiger charge is -2.29. The van der Waals surface area contributed by atoms with Gasteiger partial charge in [-0.05, 0) is 39.7 Å². The Morgan fingerprint density at radius 2 is 2.17 bits per heavy atom. The topological polar surface area (TPSA) is 69.1 Å². The van der Waals surface area contributed by atoms with E-state index in [1.807, 2.05) is 0 Å². The third-order valence-electron chi connectivity index (χ3n) is 5.06. The molecule has 2 atom stereocenters. The van der Waals surface area contributed by atoms with Crippen LogP contribution in [0.2, 0.25) is 0 Å². The minimum atomic E-state index is 0. The minimum absolute atomic E-state index is 0. The molecule has 1 aliphatic carbocycles. The molecule has 2 rings (SSSR count). The second-order valence-electron chi connectivity index (χ2n) is 6.83. The molecule has 136 valence electrons. The van der Waals surface area contributed by atoms with Crippen molar-refractivity contribution in [3.8, 4) is 0 Å². The molecule has 0 spiro atoms. The molecule has 0 aromatic rings. The van der Waals surface area contributed by atoms with Crippen molar-refractivity contribution in [1.29, 1.82) is 0 Å². The molecule has 1 aliphatic heterocycles. The van der Waals surface area contributed by atoms with Gasteiger partial charge >= 0.3 is 0 Å². The summed E-state index contributed by atoms with van der Waals surface area (Å²) in [6, 6.07) is 1.27. The molecule has 0 aromatic carbocycles. The Hall–Kier alpha value is -0.120. The fourth-order valence-corrected chi connectivity index (χ4v) is 3.03. The maximum atomic E-state index is 9.27. The largest absolute Gasteiger partial charge is 0.396 e. The first-order chi connectivity index (χ1) is 10.6. The van der Waals surface area contributed by atoms with Gasteiger partial charge in [0.15, 0.2) is 5.96 Å². The summed E-state index contributed by atoms with van der Waals surface area (Å²) in [6.07, 6.45) is 4.44. The van der Waals surface area contributed by atoms with E-state index < -0.39 is 0 Å². The summed E-state index contributed by atoms with van der Waals surface area (Å²) >= 11 is 0. The average molecular weight is 440 g/mol. The van der Waals surface area contributed by atoms with E-state index >= 15 is 0 Å². The molecule has 1 heterocycles. The van der Waals surface area contributed by atoms with Crippen LogP contribution in [0.3, 0.4) is 0 Å². The van der Waals surface area contributed by atoms with E-state index in [0.29, 0.717) is 6.04 Å². The summed E-state index contributed by atoms with van der Waals surface area (Å²) in [5, 5.41) is 16.1. The predicted molar refractivity (Wildman–Crippen MR) is 105 cm³/mol.